The fourth-order valence-corrected chi connectivity index (χ4v) is 2.55. The van der Waals surface area contributed by atoms with E-state index in [1.54, 1.807) is 11.8 Å². The van der Waals surface area contributed by atoms with Crippen LogP contribution in [-0.2, 0) is 17.9 Å². The highest BCUT2D eigenvalue weighted by Gasteiger charge is 2.24. The Morgan fingerprint density at radius 2 is 2.17 bits per heavy atom. The molecular formula is C12H20N4OS. The molecule has 0 spiro atoms. The lowest BCUT2D eigenvalue weighted by Gasteiger charge is -2.28. The number of aromatic nitrogens is 3. The van der Waals surface area contributed by atoms with Crippen molar-refractivity contribution < 1.29 is 4.79 Å². The van der Waals surface area contributed by atoms with Crippen molar-refractivity contribution in [3.05, 3.63) is 11.6 Å². The van der Waals surface area contributed by atoms with Crippen LogP contribution < -0.4 is 0 Å². The second-order valence-electron chi connectivity index (χ2n) is 4.84. The summed E-state index contributed by atoms with van der Waals surface area (Å²) in [6.45, 7) is 6.44. The number of nitrogens with zero attached hydrogens (tertiary/aromatic N) is 4. The summed E-state index contributed by atoms with van der Waals surface area (Å²) in [7, 11) is 0. The highest BCUT2D eigenvalue weighted by atomic mass is 32.2. The molecule has 6 heteroatoms. The largest absolute Gasteiger partial charge is 0.333 e. The van der Waals surface area contributed by atoms with Crippen LogP contribution >= 0.6 is 11.8 Å². The summed E-state index contributed by atoms with van der Waals surface area (Å²) in [6, 6.07) is 0. The van der Waals surface area contributed by atoms with Gasteiger partial charge in [-0.1, -0.05) is 13.8 Å². The number of fused-ring (bicyclic) bond motifs is 1. The van der Waals surface area contributed by atoms with Crippen molar-refractivity contribution in [1.82, 2.24) is 19.7 Å². The third-order valence-electron chi connectivity index (χ3n) is 3.17. The Morgan fingerprint density at radius 3 is 2.83 bits per heavy atom. The van der Waals surface area contributed by atoms with Crippen molar-refractivity contribution in [2.75, 3.05) is 18.6 Å². The zero-order valence-corrected chi connectivity index (χ0v) is 12.0. The lowest BCUT2D eigenvalue weighted by Crippen LogP contribution is -2.39. The van der Waals surface area contributed by atoms with Gasteiger partial charge in [0.15, 0.2) is 5.82 Å². The maximum absolute atomic E-state index is 12.0. The first kappa shape index (κ1) is 13.4. The highest BCUT2D eigenvalue weighted by Crippen LogP contribution is 2.18. The molecule has 0 saturated carbocycles. The van der Waals surface area contributed by atoms with Gasteiger partial charge in [0.1, 0.15) is 5.82 Å². The van der Waals surface area contributed by atoms with Crippen LogP contribution in [0, 0.1) is 0 Å². The van der Waals surface area contributed by atoms with E-state index >= 15 is 0 Å². The molecule has 18 heavy (non-hydrogen) atoms. The molecule has 1 aliphatic heterocycles. The van der Waals surface area contributed by atoms with Crippen LogP contribution in [0.25, 0.3) is 0 Å². The predicted molar refractivity (Wildman–Crippen MR) is 72.5 cm³/mol. The zero-order chi connectivity index (χ0) is 13.1. The monoisotopic (exact) mass is 268 g/mol. The molecule has 0 N–H and O–H groups in total. The van der Waals surface area contributed by atoms with Crippen molar-refractivity contribution >= 4 is 17.7 Å². The Morgan fingerprint density at radius 1 is 1.39 bits per heavy atom. The van der Waals surface area contributed by atoms with Crippen LogP contribution in [0.1, 0.15) is 37.8 Å². The molecule has 0 saturated heterocycles. The summed E-state index contributed by atoms with van der Waals surface area (Å²) < 4.78 is 2.16. The lowest BCUT2D eigenvalue weighted by atomic mass is 10.2. The van der Waals surface area contributed by atoms with E-state index in [0.717, 1.165) is 30.5 Å². The predicted octanol–water partition coefficient (Wildman–Crippen LogP) is 1.50. The molecule has 0 fully saturated rings. The first-order chi connectivity index (χ1) is 8.63. The highest BCUT2D eigenvalue weighted by molar-refractivity contribution is 7.98. The van der Waals surface area contributed by atoms with Gasteiger partial charge in [0.2, 0.25) is 5.91 Å². The molecule has 1 aliphatic rings. The molecule has 1 aromatic heterocycles. The van der Waals surface area contributed by atoms with E-state index in [1.165, 1.54) is 0 Å². The van der Waals surface area contributed by atoms with Crippen LogP contribution in [0.15, 0.2) is 0 Å². The molecule has 100 valence electrons. The normalized spacial score (nSPS) is 15.0. The zero-order valence-electron chi connectivity index (χ0n) is 11.2. The lowest BCUT2D eigenvalue weighted by molar-refractivity contribution is -0.132. The van der Waals surface area contributed by atoms with E-state index in [4.69, 9.17) is 0 Å². The third-order valence-corrected chi connectivity index (χ3v) is 3.78. The number of hydrogen-bond donors (Lipinski definition) is 0. The summed E-state index contributed by atoms with van der Waals surface area (Å²) in [6.07, 6.45) is 2.64. The standard InChI is InChI=1S/C12H20N4OS/c1-9(2)12-14-13-10-8-15(5-6-16(10)12)11(17)4-7-18-3/h9H,4-8H2,1-3H3. The van der Waals surface area contributed by atoms with Gasteiger partial charge in [-0.2, -0.15) is 11.8 Å². The van der Waals surface area contributed by atoms with Crippen molar-refractivity contribution in [2.24, 2.45) is 0 Å². The van der Waals surface area contributed by atoms with Gasteiger partial charge in [0.25, 0.3) is 0 Å². The number of rotatable bonds is 4. The SMILES string of the molecule is CSCCC(=O)N1CCn2c(nnc2C(C)C)C1. The van der Waals surface area contributed by atoms with E-state index in [2.05, 4.69) is 28.6 Å². The van der Waals surface area contributed by atoms with Crippen LogP contribution in [0.5, 0.6) is 0 Å². The Labute approximate surface area is 112 Å². The molecule has 0 bridgehead atoms. The average Bonchev–Trinajstić information content (AvgIpc) is 2.78. The minimum absolute atomic E-state index is 0.227. The Kier molecular flexibility index (Phi) is 4.27. The molecule has 1 aromatic rings. The Bertz CT molecular complexity index is 430. The minimum Gasteiger partial charge on any atom is -0.333 e. The van der Waals surface area contributed by atoms with Crippen LogP contribution in [0.4, 0.5) is 0 Å². The van der Waals surface area contributed by atoms with Crippen LogP contribution in [0.2, 0.25) is 0 Å². The molecular weight excluding hydrogens is 248 g/mol. The van der Waals surface area contributed by atoms with Crippen molar-refractivity contribution in [3.8, 4) is 0 Å². The first-order valence-corrected chi connectivity index (χ1v) is 7.71. The number of hydrogen-bond acceptors (Lipinski definition) is 4. The molecule has 0 atom stereocenters. The molecule has 0 aliphatic carbocycles. The number of amides is 1. The summed E-state index contributed by atoms with van der Waals surface area (Å²) >= 11 is 1.71. The van der Waals surface area contributed by atoms with Crippen LogP contribution in [0.3, 0.4) is 0 Å². The van der Waals surface area contributed by atoms with Gasteiger partial charge in [-0.15, -0.1) is 10.2 Å². The second kappa shape index (κ2) is 5.73. The van der Waals surface area contributed by atoms with Gasteiger partial charge in [-0.3, -0.25) is 4.79 Å². The molecule has 2 heterocycles. The molecule has 5 nitrogen and oxygen atoms in total. The minimum atomic E-state index is 0.227. The number of thioether (sulfide) groups is 1. The molecule has 0 unspecified atom stereocenters. The second-order valence-corrected chi connectivity index (χ2v) is 5.82. The topological polar surface area (TPSA) is 51.0 Å². The van der Waals surface area contributed by atoms with Crippen molar-refractivity contribution in [2.45, 2.75) is 39.3 Å². The van der Waals surface area contributed by atoms with E-state index < -0.39 is 0 Å². The maximum Gasteiger partial charge on any atom is 0.223 e. The smallest absolute Gasteiger partial charge is 0.223 e. The van der Waals surface area contributed by atoms with E-state index in [9.17, 15) is 4.79 Å². The Balaban J connectivity index is 2.04. The summed E-state index contributed by atoms with van der Waals surface area (Å²) in [4.78, 5) is 13.9. The van der Waals surface area contributed by atoms with Gasteiger partial charge >= 0.3 is 0 Å². The van der Waals surface area contributed by atoms with E-state index in [1.807, 2.05) is 11.2 Å². The van der Waals surface area contributed by atoms with Crippen molar-refractivity contribution in [3.63, 3.8) is 0 Å². The summed E-state index contributed by atoms with van der Waals surface area (Å²) in [5.74, 6) is 3.44. The number of carbonyl (C=O) groups excluding carboxylic acids is 1. The first-order valence-electron chi connectivity index (χ1n) is 6.32. The fourth-order valence-electron chi connectivity index (χ4n) is 2.17. The van der Waals surface area contributed by atoms with Gasteiger partial charge in [-0.05, 0) is 6.26 Å². The van der Waals surface area contributed by atoms with Crippen molar-refractivity contribution in [1.29, 1.82) is 0 Å². The molecule has 0 aromatic carbocycles. The molecule has 0 radical (unpaired) electrons. The summed E-state index contributed by atoms with van der Waals surface area (Å²) in [5, 5.41) is 8.43. The fraction of sp³-hybridized carbons (Fsp3) is 0.750. The van der Waals surface area contributed by atoms with E-state index in [-0.39, 0.29) is 5.91 Å². The maximum atomic E-state index is 12.0. The van der Waals surface area contributed by atoms with Gasteiger partial charge in [0, 0.05) is 31.2 Å². The summed E-state index contributed by atoms with van der Waals surface area (Å²) in [5.41, 5.74) is 0. The molecule has 1 amide bonds. The van der Waals surface area contributed by atoms with Gasteiger partial charge < -0.3 is 9.47 Å². The van der Waals surface area contributed by atoms with E-state index in [0.29, 0.717) is 18.9 Å². The number of carbonyl (C=O) groups is 1. The average molecular weight is 268 g/mol. The third kappa shape index (κ3) is 2.68. The van der Waals surface area contributed by atoms with Gasteiger partial charge in [0.05, 0.1) is 6.54 Å². The molecule has 2 rings (SSSR count). The quantitative estimate of drug-likeness (QED) is 0.830. The van der Waals surface area contributed by atoms with Crippen LogP contribution in [-0.4, -0.2) is 44.1 Å². The van der Waals surface area contributed by atoms with Gasteiger partial charge in [-0.25, -0.2) is 0 Å². The Hall–Kier alpha value is -1.04.